The molecule has 500 valence electrons. The van der Waals surface area contributed by atoms with Crippen molar-refractivity contribution in [3.05, 3.63) is 84.1 Å². The third-order valence-electron chi connectivity index (χ3n) is 14.3. The van der Waals surface area contributed by atoms with Crippen LogP contribution in [0.5, 0.6) is 5.75 Å². The molecular weight excluding hydrogens is 1220 g/mol. The van der Waals surface area contributed by atoms with Crippen molar-refractivity contribution in [2.24, 2.45) is 28.1 Å². The highest BCUT2D eigenvalue weighted by Gasteiger charge is 2.40. The fourth-order valence-electron chi connectivity index (χ4n) is 9.79. The minimum Gasteiger partial charge on any atom is -0.508 e. The van der Waals surface area contributed by atoms with E-state index in [0.717, 1.165) is 0 Å². The minimum atomic E-state index is -5.08. The number of carboxylic acids is 1. The number of aliphatic imine (C=N–C) groups is 1. The second-order valence-corrected chi connectivity index (χ2v) is 22.0. The van der Waals surface area contributed by atoms with Gasteiger partial charge in [-0.3, -0.25) is 57.7 Å². The Morgan fingerprint density at radius 2 is 1.36 bits per heavy atom. The largest absolute Gasteiger partial charge is 0.508 e. The predicted molar refractivity (Wildman–Crippen MR) is 319 cm³/mol. The molecule has 8 atom stereocenters. The van der Waals surface area contributed by atoms with Gasteiger partial charge in [0.1, 0.15) is 54.1 Å². The predicted octanol–water partition coefficient (Wildman–Crippen LogP) is -3.75. The number of amides is 11. The number of carbonyl (C=O) groups is 12. The molecule has 0 spiro atoms. The van der Waals surface area contributed by atoms with E-state index in [9.17, 15) is 76.1 Å². The number of rotatable bonds is 31. The number of carboxylic acid groups (broad SMARTS) is 1. The zero-order chi connectivity index (χ0) is 67.8. The molecule has 32 nitrogen and oxygen atoms in total. The lowest BCUT2D eigenvalue weighted by Gasteiger charge is -2.30. The number of imidazole rings is 1. The molecule has 0 aliphatic carbocycles. The Kier molecular flexibility index (Phi) is 27.2. The van der Waals surface area contributed by atoms with Crippen LogP contribution in [0, 0.1) is 5.92 Å². The number of nitrogens with two attached hydrogens (primary N) is 3. The molecule has 11 amide bonds. The monoisotopic (exact) mass is 1300 g/mol. The smallest absolute Gasteiger partial charge is 0.490 e. The van der Waals surface area contributed by atoms with Crippen LogP contribution in [0.1, 0.15) is 75.6 Å². The molecule has 2 aromatic carbocycles. The van der Waals surface area contributed by atoms with Gasteiger partial charge in [-0.2, -0.15) is 13.2 Å². The molecule has 2 aliphatic rings. The standard InChI is InChI=1S/C55H75N17O13.C2HF3O2/c1-29(2)19-38(49(80)67-37(9-5-17-60-55(57)58)54(85)72-18-6-10-43(72)53(84)62-25-44(56)75)66-46(77)26-63-47(78)39(20-30-11-13-33(74)14-12-30)68-52(83)42(27-73)71-50(81)40(21-31-23-61-35-8-4-3-7-34(31)35)69-51(82)41(22-32-24-59-28-64-32)70-48(79)36-15-16-45(76)65-36;3-2(4,5)1(6)7/h3-4,7-8,11-14,23-24,28-29,36-43,61,73-74H,5-6,9-10,15-22,25-27H2,1-2H3,(H2,56,75)(H,59,64)(H,62,84)(H,63,78)(H,65,76)(H,66,77)(H,67,80)(H,68,83)(H,69,82)(H,70,79)(H,71,81)(H4,57,58,60);(H,6,7)/t36-,37-,38+,39-,40-,41-,42-,43-;/m0./s1. The van der Waals surface area contributed by atoms with Gasteiger partial charge in [0.05, 0.1) is 26.0 Å². The van der Waals surface area contributed by atoms with Crippen molar-refractivity contribution in [3.63, 3.8) is 0 Å². The van der Waals surface area contributed by atoms with Crippen molar-refractivity contribution in [3.8, 4) is 5.75 Å². The number of primary amides is 1. The third kappa shape index (κ3) is 22.9. The van der Waals surface area contributed by atoms with Crippen LogP contribution in [0.15, 0.2) is 72.2 Å². The number of phenolic OH excluding ortho intramolecular Hbond substituents is 1. The normalized spacial score (nSPS) is 16.3. The maximum absolute atomic E-state index is 14.4. The molecule has 92 heavy (non-hydrogen) atoms. The summed E-state index contributed by atoms with van der Waals surface area (Å²) in [6.07, 6.45) is 0.160. The molecule has 4 aromatic rings. The summed E-state index contributed by atoms with van der Waals surface area (Å²) < 4.78 is 31.7. The Bertz CT molecular complexity index is 3290. The summed E-state index contributed by atoms with van der Waals surface area (Å²) in [6, 6.07) is 2.37. The van der Waals surface area contributed by atoms with Gasteiger partial charge in [-0.25, -0.2) is 9.78 Å². The van der Waals surface area contributed by atoms with Crippen LogP contribution in [0.4, 0.5) is 13.2 Å². The number of nitrogens with one attached hydrogen (secondary N) is 11. The summed E-state index contributed by atoms with van der Waals surface area (Å²) in [5.41, 5.74) is 18.3. The first-order valence-corrected chi connectivity index (χ1v) is 29.0. The van der Waals surface area contributed by atoms with E-state index in [2.05, 4.69) is 67.8 Å². The lowest BCUT2D eigenvalue weighted by molar-refractivity contribution is -0.192. The van der Waals surface area contributed by atoms with Crippen LogP contribution >= 0.6 is 0 Å². The number of fused-ring (bicyclic) bond motifs is 1. The van der Waals surface area contributed by atoms with Gasteiger partial charge in [0.2, 0.25) is 65.0 Å². The molecule has 2 saturated heterocycles. The van der Waals surface area contributed by atoms with Gasteiger partial charge in [-0.15, -0.1) is 0 Å². The number of guanidine groups is 1. The van der Waals surface area contributed by atoms with Crippen LogP contribution in [0.3, 0.4) is 0 Å². The van der Waals surface area contributed by atoms with Gasteiger partial charge >= 0.3 is 12.1 Å². The first-order chi connectivity index (χ1) is 43.5. The first-order valence-electron chi connectivity index (χ1n) is 29.0. The van der Waals surface area contributed by atoms with Gasteiger partial charge in [-0.1, -0.05) is 44.2 Å². The molecule has 6 rings (SSSR count). The number of aromatic amines is 2. The molecule has 2 fully saturated rings. The molecule has 0 saturated carbocycles. The minimum absolute atomic E-state index is 0.0156. The number of nitrogens with zero attached hydrogens (tertiary/aromatic N) is 3. The molecule has 2 aromatic heterocycles. The number of carbonyl (C=O) groups excluding carboxylic acids is 11. The second-order valence-electron chi connectivity index (χ2n) is 22.0. The van der Waals surface area contributed by atoms with E-state index in [1.54, 1.807) is 44.3 Å². The number of H-pyrrole nitrogens is 2. The van der Waals surface area contributed by atoms with Crippen molar-refractivity contribution in [2.45, 2.75) is 133 Å². The van der Waals surface area contributed by atoms with Gasteiger partial charge in [0.25, 0.3) is 0 Å². The number of hydrogen-bond acceptors (Lipinski definition) is 16. The Labute approximate surface area is 523 Å². The lowest BCUT2D eigenvalue weighted by Crippen LogP contribution is -2.60. The third-order valence-corrected chi connectivity index (χ3v) is 14.3. The van der Waals surface area contributed by atoms with E-state index < -0.39 is 139 Å². The SMILES string of the molecule is CC(C)C[C@@H](NC(=O)CNC(=O)[C@H](Cc1ccc(O)cc1)NC(=O)[C@H](CO)NC(=O)[C@H](Cc1c[nH]c2ccccc12)NC(=O)[C@H](Cc1cnc[nH]1)NC(=O)[C@@H]1CCC(=O)N1)C(=O)N[C@@H](CCCN=C(N)N)C(=O)N1CCC[C@H]1C(=O)NCC(N)=O.O=C(O)C(F)(F)F. The number of aromatic nitrogens is 3. The number of halogens is 3. The number of phenols is 1. The number of benzene rings is 2. The van der Waals surface area contributed by atoms with Crippen LogP contribution in [-0.2, 0) is 76.8 Å². The molecule has 0 bridgehead atoms. The van der Waals surface area contributed by atoms with Crippen LogP contribution < -0.4 is 65.1 Å². The second kappa shape index (κ2) is 34.6. The number of aliphatic carboxylic acids is 1. The fourth-order valence-corrected chi connectivity index (χ4v) is 9.79. The topological polar surface area (TPSA) is 512 Å². The van der Waals surface area contributed by atoms with Crippen molar-refractivity contribution in [1.29, 1.82) is 0 Å². The molecule has 0 radical (unpaired) electrons. The number of aliphatic hydroxyl groups excluding tert-OH is 1. The summed E-state index contributed by atoms with van der Waals surface area (Å²) in [4.78, 5) is 173. The quantitative estimate of drug-likeness (QED) is 0.0131. The summed E-state index contributed by atoms with van der Waals surface area (Å²) in [5.74, 6) is -11.6. The highest BCUT2D eigenvalue weighted by Crippen LogP contribution is 2.22. The lowest BCUT2D eigenvalue weighted by atomic mass is 10.0. The van der Waals surface area contributed by atoms with Gasteiger partial charge in [0.15, 0.2) is 5.96 Å². The van der Waals surface area contributed by atoms with Crippen molar-refractivity contribution in [2.75, 3.05) is 32.8 Å². The van der Waals surface area contributed by atoms with Crippen LogP contribution in [-0.4, -0.2) is 199 Å². The Hall–Kier alpha value is -10.3. The van der Waals surface area contributed by atoms with Gasteiger partial charge in [-0.05, 0) is 73.8 Å². The Morgan fingerprint density at radius 1 is 0.739 bits per heavy atom. The Morgan fingerprint density at radius 3 is 1.96 bits per heavy atom. The highest BCUT2D eigenvalue weighted by molar-refractivity contribution is 5.99. The average molecular weight is 1300 g/mol. The number of para-hydroxylation sites is 1. The first kappa shape index (κ1) is 72.4. The van der Waals surface area contributed by atoms with E-state index in [0.29, 0.717) is 34.1 Å². The van der Waals surface area contributed by atoms with E-state index in [-0.39, 0.29) is 94.4 Å². The number of aliphatic hydroxyl groups is 1. The number of aromatic hydroxyl groups is 1. The highest BCUT2D eigenvalue weighted by atomic mass is 19.4. The number of likely N-dealkylation sites (tertiary alicyclic amines) is 1. The zero-order valence-electron chi connectivity index (χ0n) is 50.1. The zero-order valence-corrected chi connectivity index (χ0v) is 50.1. The van der Waals surface area contributed by atoms with E-state index in [4.69, 9.17) is 27.1 Å². The van der Waals surface area contributed by atoms with Crippen molar-refractivity contribution in [1.82, 2.24) is 67.7 Å². The summed E-state index contributed by atoms with van der Waals surface area (Å²) in [5, 5.41) is 51.6. The molecule has 35 heteroatoms. The number of hydrogen-bond donors (Lipinski definition) is 17. The van der Waals surface area contributed by atoms with Crippen molar-refractivity contribution >= 4 is 87.8 Å². The molecule has 0 unspecified atom stereocenters. The van der Waals surface area contributed by atoms with E-state index in [1.165, 1.54) is 41.7 Å². The van der Waals surface area contributed by atoms with E-state index >= 15 is 0 Å². The van der Waals surface area contributed by atoms with E-state index in [1.807, 2.05) is 0 Å². The van der Waals surface area contributed by atoms with Crippen molar-refractivity contribution < 1.29 is 86.0 Å². The van der Waals surface area contributed by atoms with Crippen LogP contribution in [0.25, 0.3) is 10.9 Å². The molecule has 20 N–H and O–H groups in total. The fraction of sp³-hybridized carbons (Fsp3) is 0.474. The molecule has 4 heterocycles. The van der Waals surface area contributed by atoms with Gasteiger partial charge in [0, 0.05) is 67.8 Å². The maximum atomic E-state index is 14.4. The average Bonchev–Trinajstić information content (AvgIpc) is 2.48. The summed E-state index contributed by atoms with van der Waals surface area (Å²) in [7, 11) is 0. The maximum Gasteiger partial charge on any atom is 0.490 e. The summed E-state index contributed by atoms with van der Waals surface area (Å²) >= 11 is 0. The summed E-state index contributed by atoms with van der Waals surface area (Å²) in [6.45, 7) is 1.62. The molecular formula is C57H76F3N17O15. The molecule has 2 aliphatic heterocycles. The van der Waals surface area contributed by atoms with Crippen LogP contribution in [0.2, 0.25) is 0 Å². The Balaban J connectivity index is 0.00000207. The number of alkyl halides is 3. The van der Waals surface area contributed by atoms with Gasteiger partial charge < -0.3 is 95.2 Å².